The number of hydrogen-bond donors (Lipinski definition) is 0. The van der Waals surface area contributed by atoms with E-state index in [1.807, 2.05) is 20.8 Å². The van der Waals surface area contributed by atoms with Gasteiger partial charge in [0, 0.05) is 23.5 Å². The van der Waals surface area contributed by atoms with Crippen molar-refractivity contribution in [2.24, 2.45) is 0 Å². The lowest BCUT2D eigenvalue weighted by Crippen LogP contribution is -2.37. The zero-order valence-electron chi connectivity index (χ0n) is 12.8. The van der Waals surface area contributed by atoms with Crippen LogP contribution < -0.4 is 0 Å². The number of aromatic nitrogens is 1. The normalized spacial score (nSPS) is 15.7. The Bertz CT molecular complexity index is 480. The fourth-order valence-electron chi connectivity index (χ4n) is 2.71. The first kappa shape index (κ1) is 14.1. The monoisotopic (exact) mass is 264 g/mol. The maximum absolute atomic E-state index is 12.0. The number of carbonyl (C=O) groups is 1. The van der Waals surface area contributed by atoms with Gasteiger partial charge < -0.3 is 9.30 Å². The molecule has 0 spiro atoms. The van der Waals surface area contributed by atoms with Crippen LogP contribution in [0.4, 0.5) is 0 Å². The van der Waals surface area contributed by atoms with E-state index in [4.69, 9.17) is 4.74 Å². The molecule has 0 radical (unpaired) electrons. The van der Waals surface area contributed by atoms with E-state index in [9.17, 15) is 4.79 Å². The molecular weight excluding hydrogens is 240 g/mol. The molecule has 0 unspecified atom stereocenters. The summed E-state index contributed by atoms with van der Waals surface area (Å²) in [6.45, 7) is 14.7. The number of esters is 1. The van der Waals surface area contributed by atoms with Gasteiger partial charge in [-0.05, 0) is 47.1 Å². The molecule has 0 N–H and O–H groups in total. The minimum Gasteiger partial charge on any atom is -0.462 e. The lowest BCUT2D eigenvalue weighted by molar-refractivity contribution is 0.0523. The third-order valence-corrected chi connectivity index (χ3v) is 3.98. The van der Waals surface area contributed by atoms with Crippen LogP contribution in [0.15, 0.2) is 0 Å². The molecule has 0 atom stereocenters. The summed E-state index contributed by atoms with van der Waals surface area (Å²) in [6.07, 6.45) is 0. The third-order valence-electron chi connectivity index (χ3n) is 3.98. The Labute approximate surface area is 115 Å². The predicted octanol–water partition coefficient (Wildman–Crippen LogP) is 2.85. The molecule has 4 nitrogen and oxygen atoms in total. The van der Waals surface area contributed by atoms with Crippen molar-refractivity contribution in [3.05, 3.63) is 22.5 Å². The van der Waals surface area contributed by atoms with Crippen molar-refractivity contribution in [1.29, 1.82) is 0 Å². The summed E-state index contributed by atoms with van der Waals surface area (Å²) in [5, 5.41) is 0. The smallest absolute Gasteiger partial charge is 0.340 e. The van der Waals surface area contributed by atoms with Crippen LogP contribution in [0, 0.1) is 13.8 Å². The average molecular weight is 264 g/mol. The minimum absolute atomic E-state index is 0.141. The van der Waals surface area contributed by atoms with Crippen LogP contribution in [0.2, 0.25) is 0 Å². The van der Waals surface area contributed by atoms with Gasteiger partial charge in [-0.15, -0.1) is 0 Å². The van der Waals surface area contributed by atoms with Crippen LogP contribution in [0.25, 0.3) is 0 Å². The van der Waals surface area contributed by atoms with Crippen LogP contribution in [0.3, 0.4) is 0 Å². The molecule has 0 saturated carbocycles. The Morgan fingerprint density at radius 2 is 1.95 bits per heavy atom. The Hall–Kier alpha value is -1.29. The Morgan fingerprint density at radius 3 is 2.42 bits per heavy atom. The number of fused-ring (bicyclic) bond motifs is 1. The molecule has 0 saturated heterocycles. The van der Waals surface area contributed by atoms with E-state index in [2.05, 4.69) is 30.2 Å². The molecule has 1 aliphatic rings. The van der Waals surface area contributed by atoms with Crippen molar-refractivity contribution in [3.63, 3.8) is 0 Å². The summed E-state index contributed by atoms with van der Waals surface area (Å²) in [5.74, 6) is -0.193. The highest BCUT2D eigenvalue weighted by Crippen LogP contribution is 2.32. The van der Waals surface area contributed by atoms with Gasteiger partial charge in [-0.3, -0.25) is 4.90 Å². The Kier molecular flexibility index (Phi) is 3.47. The van der Waals surface area contributed by atoms with Crippen molar-refractivity contribution in [1.82, 2.24) is 9.47 Å². The van der Waals surface area contributed by atoms with E-state index >= 15 is 0 Å². The zero-order chi connectivity index (χ0) is 14.4. The summed E-state index contributed by atoms with van der Waals surface area (Å²) in [6, 6.07) is 0. The maximum atomic E-state index is 12.0. The average Bonchev–Trinajstić information content (AvgIpc) is 2.80. The highest BCUT2D eigenvalue weighted by atomic mass is 16.5. The molecule has 106 valence electrons. The van der Waals surface area contributed by atoms with Gasteiger partial charge in [-0.2, -0.15) is 0 Å². The van der Waals surface area contributed by atoms with Crippen molar-refractivity contribution in [2.45, 2.75) is 60.3 Å². The second-order valence-electron chi connectivity index (χ2n) is 6.19. The van der Waals surface area contributed by atoms with E-state index in [0.29, 0.717) is 6.61 Å². The SMILES string of the molecule is CCOC(=O)c1c(C)c2n(c1C)CN(C(C)(C)C)C2. The number of hydrogen-bond acceptors (Lipinski definition) is 3. The topological polar surface area (TPSA) is 34.5 Å². The van der Waals surface area contributed by atoms with Crippen LogP contribution in [0.1, 0.15) is 55.0 Å². The highest BCUT2D eigenvalue weighted by molar-refractivity contribution is 5.93. The molecule has 4 heteroatoms. The fraction of sp³-hybridized carbons (Fsp3) is 0.667. The summed E-state index contributed by atoms with van der Waals surface area (Å²) >= 11 is 0. The molecule has 1 aliphatic heterocycles. The number of ether oxygens (including phenoxy) is 1. The number of carbonyl (C=O) groups excluding carboxylic acids is 1. The van der Waals surface area contributed by atoms with Crippen LogP contribution in [0.5, 0.6) is 0 Å². The standard InChI is InChI=1S/C15H24N2O2/c1-7-19-14(18)13-10(2)12-8-16(15(4,5)6)9-17(12)11(13)3/h7-9H2,1-6H3. The molecule has 0 fully saturated rings. The Balaban J connectivity index is 2.36. The second kappa shape index (κ2) is 4.67. The lowest BCUT2D eigenvalue weighted by Gasteiger charge is -2.31. The predicted molar refractivity (Wildman–Crippen MR) is 75.2 cm³/mol. The molecule has 2 rings (SSSR count). The van der Waals surface area contributed by atoms with E-state index in [-0.39, 0.29) is 11.5 Å². The summed E-state index contributed by atoms with van der Waals surface area (Å²) in [4.78, 5) is 14.4. The number of rotatable bonds is 2. The van der Waals surface area contributed by atoms with E-state index in [1.165, 1.54) is 5.69 Å². The van der Waals surface area contributed by atoms with E-state index in [1.54, 1.807) is 0 Å². The van der Waals surface area contributed by atoms with Crippen molar-refractivity contribution < 1.29 is 9.53 Å². The molecule has 1 aromatic rings. The van der Waals surface area contributed by atoms with Crippen LogP contribution >= 0.6 is 0 Å². The van der Waals surface area contributed by atoms with Gasteiger partial charge in [0.1, 0.15) is 0 Å². The second-order valence-corrected chi connectivity index (χ2v) is 6.19. The molecule has 1 aromatic heterocycles. The first-order valence-corrected chi connectivity index (χ1v) is 6.88. The van der Waals surface area contributed by atoms with Crippen molar-refractivity contribution in [3.8, 4) is 0 Å². The van der Waals surface area contributed by atoms with Gasteiger partial charge in [-0.25, -0.2) is 4.79 Å². The first-order valence-electron chi connectivity index (χ1n) is 6.88. The lowest BCUT2D eigenvalue weighted by atomic mass is 10.1. The summed E-state index contributed by atoms with van der Waals surface area (Å²) in [7, 11) is 0. The number of nitrogens with zero attached hydrogens (tertiary/aromatic N) is 2. The molecule has 0 aliphatic carbocycles. The van der Waals surface area contributed by atoms with Crippen molar-refractivity contribution in [2.75, 3.05) is 6.61 Å². The van der Waals surface area contributed by atoms with Crippen molar-refractivity contribution >= 4 is 5.97 Å². The van der Waals surface area contributed by atoms with Gasteiger partial charge in [-0.1, -0.05) is 0 Å². The highest BCUT2D eigenvalue weighted by Gasteiger charge is 2.33. The van der Waals surface area contributed by atoms with Crippen LogP contribution in [-0.2, 0) is 18.0 Å². The van der Waals surface area contributed by atoms with Gasteiger partial charge in [0.05, 0.1) is 18.8 Å². The van der Waals surface area contributed by atoms with Gasteiger partial charge in [0.25, 0.3) is 0 Å². The summed E-state index contributed by atoms with van der Waals surface area (Å²) < 4.78 is 7.40. The molecule has 19 heavy (non-hydrogen) atoms. The Morgan fingerprint density at radius 1 is 1.32 bits per heavy atom. The fourth-order valence-corrected chi connectivity index (χ4v) is 2.71. The summed E-state index contributed by atoms with van der Waals surface area (Å²) in [5.41, 5.74) is 4.24. The van der Waals surface area contributed by atoms with E-state index < -0.39 is 0 Å². The molecule has 0 bridgehead atoms. The molecule has 2 heterocycles. The zero-order valence-corrected chi connectivity index (χ0v) is 12.8. The maximum Gasteiger partial charge on any atom is 0.340 e. The minimum atomic E-state index is -0.193. The molecule has 0 aromatic carbocycles. The van der Waals surface area contributed by atoms with E-state index in [0.717, 1.165) is 30.0 Å². The molecule has 0 amide bonds. The van der Waals surface area contributed by atoms with Crippen LogP contribution in [-0.4, -0.2) is 27.6 Å². The van der Waals surface area contributed by atoms with Gasteiger partial charge >= 0.3 is 5.97 Å². The van der Waals surface area contributed by atoms with Gasteiger partial charge in [0.2, 0.25) is 0 Å². The van der Waals surface area contributed by atoms with Gasteiger partial charge in [0.15, 0.2) is 0 Å². The molecular formula is C15H24N2O2. The quantitative estimate of drug-likeness (QED) is 0.770. The largest absolute Gasteiger partial charge is 0.462 e. The first-order chi connectivity index (χ1) is 8.77. The third kappa shape index (κ3) is 2.29.